The minimum Gasteiger partial charge on any atom is -0.409 e. The van der Waals surface area contributed by atoms with Gasteiger partial charge < -0.3 is 10.9 Å². The number of nitrogens with two attached hydrogens (primary N) is 1. The molecule has 1 radical (unpaired) electrons. The number of piperidine rings is 1. The Bertz CT molecular complexity index is 389. The summed E-state index contributed by atoms with van der Waals surface area (Å²) in [4.78, 5) is 2.47. The normalized spacial score (nSPS) is 18.0. The van der Waals surface area contributed by atoms with Gasteiger partial charge in [-0.1, -0.05) is 35.5 Å². The minimum absolute atomic E-state index is 0. The largest absolute Gasteiger partial charge is 0.409 e. The van der Waals surface area contributed by atoms with Crippen LogP contribution in [0.3, 0.4) is 0 Å². The van der Waals surface area contributed by atoms with E-state index in [1.165, 1.54) is 5.56 Å². The van der Waals surface area contributed by atoms with Crippen LogP contribution in [0.1, 0.15) is 24.8 Å². The van der Waals surface area contributed by atoms with Gasteiger partial charge >= 0.3 is 0 Å². The Kier molecular flexibility index (Phi) is 7.46. The van der Waals surface area contributed by atoms with E-state index < -0.39 is 0 Å². The van der Waals surface area contributed by atoms with E-state index in [9.17, 15) is 0 Å². The van der Waals surface area contributed by atoms with Crippen molar-refractivity contribution < 1.29 is 5.21 Å². The van der Waals surface area contributed by atoms with Gasteiger partial charge in [0, 0.05) is 42.5 Å². The summed E-state index contributed by atoms with van der Waals surface area (Å²) in [5.41, 5.74) is 6.92. The molecule has 0 unspecified atom stereocenters. The molecule has 1 aliphatic rings. The zero-order chi connectivity index (χ0) is 12.8. The first-order valence-corrected chi connectivity index (χ1v) is 6.50. The molecular weight excluding hydrogens is 249 g/mol. The van der Waals surface area contributed by atoms with Crippen molar-refractivity contribution >= 4 is 35.4 Å². The Balaban J connectivity index is 0.00000180. The fraction of sp³-hybridized carbons (Fsp3) is 0.500. The van der Waals surface area contributed by atoms with Gasteiger partial charge in [0.1, 0.15) is 5.84 Å². The third-order valence-electron chi connectivity index (χ3n) is 3.58. The first-order chi connectivity index (χ1) is 8.78. The van der Waals surface area contributed by atoms with Crippen LogP contribution in [-0.4, -0.2) is 58.6 Å². The van der Waals surface area contributed by atoms with Crippen LogP contribution in [0.2, 0.25) is 0 Å². The third kappa shape index (κ3) is 5.53. The fourth-order valence-corrected chi connectivity index (χ4v) is 2.53. The van der Waals surface area contributed by atoms with Gasteiger partial charge in [0.2, 0.25) is 0 Å². The third-order valence-corrected chi connectivity index (χ3v) is 3.58. The zero-order valence-corrected chi connectivity index (χ0v) is 13.6. The van der Waals surface area contributed by atoms with Gasteiger partial charge in [-0.2, -0.15) is 0 Å². The number of oxime groups is 1. The quantitative estimate of drug-likeness (QED) is 0.287. The molecule has 19 heavy (non-hydrogen) atoms. The van der Waals surface area contributed by atoms with Crippen LogP contribution in [0.15, 0.2) is 35.5 Å². The monoisotopic (exact) mass is 270 g/mol. The molecule has 1 aromatic carbocycles. The first-order valence-electron chi connectivity index (χ1n) is 6.50. The molecule has 1 saturated heterocycles. The number of benzene rings is 1. The van der Waals surface area contributed by atoms with Crippen molar-refractivity contribution in [2.24, 2.45) is 16.8 Å². The van der Waals surface area contributed by atoms with Crippen LogP contribution < -0.4 is 5.73 Å². The van der Waals surface area contributed by atoms with Crippen molar-refractivity contribution in [1.82, 2.24) is 4.90 Å². The molecule has 2 rings (SSSR count). The van der Waals surface area contributed by atoms with Gasteiger partial charge in [0.15, 0.2) is 0 Å². The average molecular weight is 270 g/mol. The molecule has 0 aromatic heterocycles. The number of nitrogens with zero attached hydrogens (tertiary/aromatic N) is 2. The van der Waals surface area contributed by atoms with Crippen LogP contribution in [0.4, 0.5) is 0 Å². The van der Waals surface area contributed by atoms with Crippen molar-refractivity contribution in [2.45, 2.75) is 25.8 Å². The van der Waals surface area contributed by atoms with E-state index >= 15 is 0 Å². The average Bonchev–Trinajstić information content (AvgIpc) is 2.42. The predicted molar refractivity (Wildman–Crippen MR) is 78.2 cm³/mol. The van der Waals surface area contributed by atoms with Crippen LogP contribution in [0, 0.1) is 5.92 Å². The molecule has 3 N–H and O–H groups in total. The van der Waals surface area contributed by atoms with Crippen molar-refractivity contribution in [3.8, 4) is 0 Å². The Hall–Kier alpha value is -0.550. The standard InChI is InChI=1S/C14H21N3O.Na/c15-14(16-18)10-12-6-8-17(9-7-12)11-13-4-2-1-3-5-13;/h1-5,12,18H,6-11H2,(H2,15,16);. The fourth-order valence-electron chi connectivity index (χ4n) is 2.53. The topological polar surface area (TPSA) is 61.8 Å². The van der Waals surface area contributed by atoms with Gasteiger partial charge in [-0.15, -0.1) is 0 Å². The van der Waals surface area contributed by atoms with Crippen molar-refractivity contribution in [1.29, 1.82) is 0 Å². The molecule has 1 aliphatic heterocycles. The predicted octanol–water partition coefficient (Wildman–Crippen LogP) is 1.65. The molecule has 0 spiro atoms. The molecule has 0 atom stereocenters. The van der Waals surface area contributed by atoms with Crippen molar-refractivity contribution in [3.05, 3.63) is 35.9 Å². The van der Waals surface area contributed by atoms with Gasteiger partial charge in [-0.3, -0.25) is 4.90 Å². The number of rotatable bonds is 4. The second-order valence-corrected chi connectivity index (χ2v) is 5.00. The van der Waals surface area contributed by atoms with Crippen LogP contribution in [0.5, 0.6) is 0 Å². The zero-order valence-electron chi connectivity index (χ0n) is 11.6. The minimum atomic E-state index is 0. The molecule has 0 bridgehead atoms. The van der Waals surface area contributed by atoms with Gasteiger partial charge in [-0.05, 0) is 37.4 Å². The van der Waals surface area contributed by atoms with Crippen LogP contribution in [0.25, 0.3) is 0 Å². The van der Waals surface area contributed by atoms with E-state index in [1.807, 2.05) is 6.07 Å². The van der Waals surface area contributed by atoms with Crippen LogP contribution >= 0.6 is 0 Å². The molecule has 0 saturated carbocycles. The maximum atomic E-state index is 8.56. The van der Waals surface area contributed by atoms with Gasteiger partial charge in [0.05, 0.1) is 0 Å². The maximum Gasteiger partial charge on any atom is 0.139 e. The Morgan fingerprint density at radius 3 is 2.47 bits per heavy atom. The Morgan fingerprint density at radius 2 is 1.89 bits per heavy atom. The Morgan fingerprint density at radius 1 is 1.26 bits per heavy atom. The van der Waals surface area contributed by atoms with E-state index in [-0.39, 0.29) is 29.6 Å². The smallest absolute Gasteiger partial charge is 0.139 e. The second-order valence-electron chi connectivity index (χ2n) is 5.00. The van der Waals surface area contributed by atoms with Gasteiger partial charge in [0.25, 0.3) is 0 Å². The summed E-state index contributed by atoms with van der Waals surface area (Å²) in [5.74, 6) is 0.921. The van der Waals surface area contributed by atoms with E-state index in [1.54, 1.807) is 0 Å². The molecular formula is C14H21N3NaO. The van der Waals surface area contributed by atoms with Crippen molar-refractivity contribution in [2.75, 3.05) is 13.1 Å². The summed E-state index contributed by atoms with van der Waals surface area (Å²) >= 11 is 0. The molecule has 1 fully saturated rings. The number of hydrogen-bond donors (Lipinski definition) is 2. The van der Waals surface area contributed by atoms with Crippen LogP contribution in [-0.2, 0) is 6.54 Å². The van der Waals surface area contributed by atoms with E-state index in [4.69, 9.17) is 10.9 Å². The second kappa shape index (κ2) is 8.59. The maximum absolute atomic E-state index is 8.56. The molecule has 1 heterocycles. The van der Waals surface area contributed by atoms with Gasteiger partial charge in [-0.25, -0.2) is 0 Å². The summed E-state index contributed by atoms with van der Waals surface area (Å²) in [6.07, 6.45) is 2.97. The summed E-state index contributed by atoms with van der Waals surface area (Å²) in [7, 11) is 0. The molecule has 4 nitrogen and oxygen atoms in total. The number of hydrogen-bond acceptors (Lipinski definition) is 3. The molecule has 1 aromatic rings. The molecule has 0 amide bonds. The summed E-state index contributed by atoms with van der Waals surface area (Å²) in [5, 5.41) is 11.6. The van der Waals surface area contributed by atoms with E-state index in [2.05, 4.69) is 34.3 Å². The number of amidine groups is 1. The Labute approximate surface area is 137 Å². The number of likely N-dealkylation sites (tertiary alicyclic amines) is 1. The molecule has 5 heteroatoms. The summed E-state index contributed by atoms with van der Waals surface area (Å²) < 4.78 is 0. The first kappa shape index (κ1) is 16.5. The summed E-state index contributed by atoms with van der Waals surface area (Å²) in [6.45, 7) is 3.22. The van der Waals surface area contributed by atoms with Crippen molar-refractivity contribution in [3.63, 3.8) is 0 Å². The summed E-state index contributed by atoms with van der Waals surface area (Å²) in [6, 6.07) is 10.6. The van der Waals surface area contributed by atoms with E-state index in [0.717, 1.165) is 38.9 Å². The SMILES string of the molecule is NC(CC1CCN(Cc2ccccc2)CC1)=NO.[Na]. The molecule has 0 aliphatic carbocycles. The molecule has 99 valence electrons. The van der Waals surface area contributed by atoms with E-state index in [0.29, 0.717) is 11.8 Å².